The Labute approximate surface area is 123 Å². The van der Waals surface area contributed by atoms with E-state index in [1.165, 1.54) is 17.3 Å². The van der Waals surface area contributed by atoms with E-state index in [0.29, 0.717) is 10.9 Å². The van der Waals surface area contributed by atoms with Gasteiger partial charge in [-0.2, -0.15) is 0 Å². The van der Waals surface area contributed by atoms with E-state index in [2.05, 4.69) is 35.9 Å². The molecule has 2 aromatic rings. The van der Waals surface area contributed by atoms with E-state index >= 15 is 0 Å². The third-order valence-corrected chi connectivity index (χ3v) is 4.01. The monoisotopic (exact) mass is 286 g/mol. The van der Waals surface area contributed by atoms with Gasteiger partial charge < -0.3 is 0 Å². The van der Waals surface area contributed by atoms with Crippen LogP contribution in [0.4, 0.5) is 0 Å². The molecule has 0 aliphatic carbocycles. The van der Waals surface area contributed by atoms with Crippen LogP contribution >= 0.6 is 11.8 Å². The molecule has 0 aliphatic heterocycles. The summed E-state index contributed by atoms with van der Waals surface area (Å²) >= 11 is 1.38. The number of Topliss-reactive ketones (excluding diaryl/α,β-unsaturated/α-hetero) is 1. The summed E-state index contributed by atoms with van der Waals surface area (Å²) in [4.78, 5) is 20.6. The molecule has 2 rings (SSSR count). The molecule has 0 saturated carbocycles. The van der Waals surface area contributed by atoms with E-state index in [-0.39, 0.29) is 5.78 Å². The predicted octanol–water partition coefficient (Wildman–Crippen LogP) is 3.58. The lowest BCUT2D eigenvalue weighted by atomic mass is 9.98. The number of nitrogens with zero attached hydrogens (tertiary/aromatic N) is 2. The van der Waals surface area contributed by atoms with Crippen LogP contribution in [-0.4, -0.2) is 21.5 Å². The van der Waals surface area contributed by atoms with Crippen LogP contribution in [0.3, 0.4) is 0 Å². The van der Waals surface area contributed by atoms with Crippen molar-refractivity contribution in [2.75, 3.05) is 5.75 Å². The number of hydrogen-bond acceptors (Lipinski definition) is 4. The second kappa shape index (κ2) is 7.20. The first kappa shape index (κ1) is 14.7. The Balaban J connectivity index is 2.12. The minimum atomic E-state index is 0.148. The molecule has 0 unspecified atom stereocenters. The fourth-order valence-electron chi connectivity index (χ4n) is 1.98. The third kappa shape index (κ3) is 3.67. The number of aromatic nitrogens is 2. The molecule has 1 aromatic carbocycles. The number of carbonyl (C=O) groups is 1. The normalized spacial score (nSPS) is 10.5. The number of benzene rings is 1. The number of carbonyl (C=O) groups excluding carboxylic acids is 1. The van der Waals surface area contributed by atoms with Gasteiger partial charge in [0, 0.05) is 18.0 Å². The topological polar surface area (TPSA) is 42.9 Å². The van der Waals surface area contributed by atoms with Gasteiger partial charge in [0.2, 0.25) is 0 Å². The number of ketones is 1. The Hall–Kier alpha value is -1.68. The Morgan fingerprint density at radius 1 is 1.15 bits per heavy atom. The number of hydrogen-bond donors (Lipinski definition) is 0. The molecule has 20 heavy (non-hydrogen) atoms. The molecule has 0 N–H and O–H groups in total. The molecule has 0 bridgehead atoms. The van der Waals surface area contributed by atoms with Gasteiger partial charge in [-0.05, 0) is 36.1 Å². The predicted molar refractivity (Wildman–Crippen MR) is 82.3 cm³/mol. The maximum Gasteiger partial charge on any atom is 0.187 e. The molecule has 0 saturated heterocycles. The summed E-state index contributed by atoms with van der Waals surface area (Å²) in [6.07, 6.45) is 5.20. The molecule has 3 nitrogen and oxygen atoms in total. The van der Waals surface area contributed by atoms with Crippen molar-refractivity contribution in [1.82, 2.24) is 9.97 Å². The van der Waals surface area contributed by atoms with Crippen molar-refractivity contribution in [2.45, 2.75) is 31.8 Å². The molecular formula is C16H18N2OS. The summed E-state index contributed by atoms with van der Waals surface area (Å²) in [7, 11) is 0. The van der Waals surface area contributed by atoms with E-state index in [1.54, 1.807) is 18.5 Å². The highest BCUT2D eigenvalue weighted by molar-refractivity contribution is 7.99. The van der Waals surface area contributed by atoms with Crippen LogP contribution in [0.25, 0.3) is 0 Å². The van der Waals surface area contributed by atoms with Crippen molar-refractivity contribution < 1.29 is 4.79 Å². The van der Waals surface area contributed by atoms with Crippen molar-refractivity contribution in [3.63, 3.8) is 0 Å². The largest absolute Gasteiger partial charge is 0.293 e. The molecule has 0 spiro atoms. The minimum Gasteiger partial charge on any atom is -0.293 e. The van der Waals surface area contributed by atoms with E-state index < -0.39 is 0 Å². The third-order valence-electron chi connectivity index (χ3n) is 3.14. The van der Waals surface area contributed by atoms with Gasteiger partial charge >= 0.3 is 0 Å². The minimum absolute atomic E-state index is 0.148. The molecular weight excluding hydrogens is 268 g/mol. The molecule has 0 fully saturated rings. The van der Waals surface area contributed by atoms with Gasteiger partial charge in [0.25, 0.3) is 0 Å². The van der Waals surface area contributed by atoms with Crippen LogP contribution in [0.15, 0.2) is 41.8 Å². The Bertz CT molecular complexity index is 584. The van der Waals surface area contributed by atoms with Crippen LogP contribution in [0.5, 0.6) is 0 Å². The van der Waals surface area contributed by atoms with Gasteiger partial charge in [-0.3, -0.25) is 4.79 Å². The van der Waals surface area contributed by atoms with Crippen molar-refractivity contribution in [3.8, 4) is 0 Å². The van der Waals surface area contributed by atoms with E-state index in [0.717, 1.165) is 24.0 Å². The summed E-state index contributed by atoms with van der Waals surface area (Å²) in [5, 5.41) is 0.644. The zero-order valence-electron chi connectivity index (χ0n) is 11.8. The van der Waals surface area contributed by atoms with Gasteiger partial charge in [-0.25, -0.2) is 9.97 Å². The van der Waals surface area contributed by atoms with Crippen molar-refractivity contribution in [3.05, 3.63) is 53.3 Å². The standard InChI is InChI=1S/C16H18N2OS/c1-3-12-6-7-13(4-2)14(10-12)15(19)11-20-16-17-8-5-9-18-16/h5-10H,3-4,11H2,1-2H3. The molecule has 1 aromatic heterocycles. The number of rotatable bonds is 6. The van der Waals surface area contributed by atoms with Crippen LogP contribution in [0, 0.1) is 0 Å². The molecule has 0 radical (unpaired) electrons. The lowest BCUT2D eigenvalue weighted by molar-refractivity contribution is 0.102. The molecule has 1 heterocycles. The Morgan fingerprint density at radius 2 is 1.90 bits per heavy atom. The average Bonchev–Trinajstić information content (AvgIpc) is 2.52. The summed E-state index contributed by atoms with van der Waals surface area (Å²) < 4.78 is 0. The summed E-state index contributed by atoms with van der Waals surface area (Å²) in [5.74, 6) is 0.527. The quantitative estimate of drug-likeness (QED) is 0.462. The van der Waals surface area contributed by atoms with Crippen LogP contribution in [0.2, 0.25) is 0 Å². The lowest BCUT2D eigenvalue weighted by Gasteiger charge is -2.08. The van der Waals surface area contributed by atoms with E-state index in [9.17, 15) is 4.79 Å². The smallest absolute Gasteiger partial charge is 0.187 e. The SMILES string of the molecule is CCc1ccc(CC)c(C(=O)CSc2ncccn2)c1. The summed E-state index contributed by atoms with van der Waals surface area (Å²) in [6, 6.07) is 7.96. The summed E-state index contributed by atoms with van der Waals surface area (Å²) in [5.41, 5.74) is 3.16. The van der Waals surface area contributed by atoms with E-state index in [4.69, 9.17) is 0 Å². The highest BCUT2D eigenvalue weighted by Gasteiger charge is 2.12. The second-order valence-corrected chi connectivity index (χ2v) is 5.38. The zero-order valence-corrected chi connectivity index (χ0v) is 12.6. The Kier molecular flexibility index (Phi) is 5.30. The van der Waals surface area contributed by atoms with Crippen molar-refractivity contribution in [2.24, 2.45) is 0 Å². The zero-order chi connectivity index (χ0) is 14.4. The molecule has 104 valence electrons. The fraction of sp³-hybridized carbons (Fsp3) is 0.312. The van der Waals surface area contributed by atoms with Crippen molar-refractivity contribution >= 4 is 17.5 Å². The van der Waals surface area contributed by atoms with Gasteiger partial charge in [0.05, 0.1) is 5.75 Å². The van der Waals surface area contributed by atoms with E-state index in [1.807, 2.05) is 6.07 Å². The van der Waals surface area contributed by atoms with Crippen LogP contribution in [0.1, 0.15) is 35.3 Å². The first-order valence-electron chi connectivity index (χ1n) is 6.79. The first-order chi connectivity index (χ1) is 9.74. The maximum absolute atomic E-state index is 12.4. The second-order valence-electron chi connectivity index (χ2n) is 4.44. The van der Waals surface area contributed by atoms with Gasteiger partial charge in [-0.1, -0.05) is 37.7 Å². The number of aryl methyl sites for hydroxylation is 2. The van der Waals surface area contributed by atoms with Gasteiger partial charge in [0.1, 0.15) is 0 Å². The molecule has 0 amide bonds. The van der Waals surface area contributed by atoms with Crippen LogP contribution < -0.4 is 0 Å². The molecule has 0 aliphatic rings. The molecule has 0 atom stereocenters. The lowest BCUT2D eigenvalue weighted by Crippen LogP contribution is -2.07. The highest BCUT2D eigenvalue weighted by Crippen LogP contribution is 2.18. The summed E-state index contributed by atoms with van der Waals surface area (Å²) in [6.45, 7) is 4.17. The van der Waals surface area contributed by atoms with Gasteiger partial charge in [-0.15, -0.1) is 0 Å². The first-order valence-corrected chi connectivity index (χ1v) is 7.78. The maximum atomic E-state index is 12.4. The molecule has 4 heteroatoms. The average molecular weight is 286 g/mol. The Morgan fingerprint density at radius 3 is 2.55 bits per heavy atom. The van der Waals surface area contributed by atoms with Gasteiger partial charge in [0.15, 0.2) is 10.9 Å². The number of thioether (sulfide) groups is 1. The highest BCUT2D eigenvalue weighted by atomic mass is 32.2. The van der Waals surface area contributed by atoms with Crippen LogP contribution in [-0.2, 0) is 12.8 Å². The van der Waals surface area contributed by atoms with Crippen molar-refractivity contribution in [1.29, 1.82) is 0 Å². The fourth-order valence-corrected chi connectivity index (χ4v) is 2.67.